The molecule has 2 aromatic carbocycles. The fourth-order valence-electron chi connectivity index (χ4n) is 12.1. The van der Waals surface area contributed by atoms with E-state index in [1.54, 1.807) is 35.7 Å². The topological polar surface area (TPSA) is 193 Å². The normalized spacial score (nSPS) is 24.2. The van der Waals surface area contributed by atoms with Crippen LogP contribution in [-0.4, -0.2) is 129 Å². The number of benzene rings is 2. The molecule has 17 heteroatoms. The molecule has 4 N–H and O–H groups in total. The largest absolute Gasteiger partial charge is 0.489 e. The van der Waals surface area contributed by atoms with Crippen LogP contribution in [0.1, 0.15) is 126 Å². The van der Waals surface area contributed by atoms with E-state index in [0.717, 1.165) is 79.1 Å². The Bertz CT molecular complexity index is 2670. The fraction of sp³-hybridized carbons (Fsp3) is 0.554. The Labute approximate surface area is 439 Å². The molecule has 1 saturated carbocycles. The highest BCUT2D eigenvalue weighted by atomic mass is 35.5. The van der Waals surface area contributed by atoms with Crippen LogP contribution in [-0.2, 0) is 20.8 Å². The van der Waals surface area contributed by atoms with Crippen molar-refractivity contribution in [2.45, 2.75) is 149 Å². The number of rotatable bonds is 17. The number of nitrogens with one attached hydrogen (secondary N) is 3. The van der Waals surface area contributed by atoms with Crippen molar-refractivity contribution in [2.24, 2.45) is 16.2 Å². The first-order chi connectivity index (χ1) is 34.5. The number of ether oxygens (including phenoxy) is 1. The molecule has 1 aliphatic carbocycles. The molecular formula is C56H72ClN9O6S. The highest BCUT2D eigenvalue weighted by Gasteiger charge is 2.64. The minimum atomic E-state index is -0.896. The number of carbonyl (C=O) groups is 4. The van der Waals surface area contributed by atoms with Crippen LogP contribution >= 0.6 is 22.9 Å². The second kappa shape index (κ2) is 21.8. The Morgan fingerprint density at radius 3 is 2.26 bits per heavy atom. The van der Waals surface area contributed by atoms with Crippen molar-refractivity contribution in [3.8, 4) is 22.3 Å². The van der Waals surface area contributed by atoms with E-state index in [9.17, 15) is 29.5 Å². The van der Waals surface area contributed by atoms with Crippen LogP contribution in [0.4, 0.5) is 0 Å². The molecule has 73 heavy (non-hydrogen) atoms. The fourth-order valence-corrected chi connectivity index (χ4v) is 13.1. The van der Waals surface area contributed by atoms with Crippen LogP contribution in [0.3, 0.4) is 0 Å². The van der Waals surface area contributed by atoms with Gasteiger partial charge in [0.15, 0.2) is 0 Å². The smallest absolute Gasteiger partial charge is 0.253 e. The third-order valence-corrected chi connectivity index (χ3v) is 17.1. The van der Waals surface area contributed by atoms with Gasteiger partial charge in [-0.3, -0.25) is 29.1 Å². The summed E-state index contributed by atoms with van der Waals surface area (Å²) >= 11 is 7.85. The number of hydrogen-bond acceptors (Lipinski definition) is 12. The highest BCUT2D eigenvalue weighted by molar-refractivity contribution is 7.13. The van der Waals surface area contributed by atoms with Crippen LogP contribution in [0, 0.1) is 34.5 Å². The molecule has 15 nitrogen and oxygen atoms in total. The number of nitrogens with zero attached hydrogens (tertiary/aromatic N) is 6. The SMILES string of the molecule is Cc1ncsc1-c1ccc([C@H](C)NC(=O)C2C[C@@H](O)CN2C(=O)C(NC(=O)CN2C3CCC2CN(CCCCc2ccc(C(=O)NC4C(C)(C)C(Oc5ccc(C#N)c(Cl)c5)C4(C)C)cn2)C3)C(C)(C)C)cc1. The number of unbranched alkanes of at least 4 members (excludes halogenated alkanes) is 1. The average Bonchev–Trinajstić information content (AvgIpc) is 4.02. The van der Waals surface area contributed by atoms with Crippen molar-refractivity contribution in [3.63, 3.8) is 0 Å². The number of thiazole rings is 1. The van der Waals surface area contributed by atoms with Crippen LogP contribution in [0.5, 0.6) is 5.75 Å². The van der Waals surface area contributed by atoms with Crippen molar-refractivity contribution < 1.29 is 29.0 Å². The van der Waals surface area contributed by atoms with Gasteiger partial charge in [-0.05, 0) is 93.3 Å². The molecule has 5 heterocycles. The van der Waals surface area contributed by atoms with Crippen molar-refractivity contribution in [1.82, 2.24) is 40.6 Å². The van der Waals surface area contributed by atoms with E-state index in [-0.39, 0.29) is 84.2 Å². The van der Waals surface area contributed by atoms with Crippen LogP contribution in [0.15, 0.2) is 66.3 Å². The van der Waals surface area contributed by atoms with Gasteiger partial charge in [0.2, 0.25) is 17.7 Å². The van der Waals surface area contributed by atoms with Gasteiger partial charge in [-0.1, -0.05) is 84.3 Å². The van der Waals surface area contributed by atoms with Crippen LogP contribution < -0.4 is 20.7 Å². The molecule has 390 valence electrons. The molecule has 0 spiro atoms. The molecule has 4 amide bonds. The molecule has 4 aromatic rings. The number of carbonyl (C=O) groups excluding carboxylic acids is 4. The zero-order valence-electron chi connectivity index (χ0n) is 43.7. The van der Waals surface area contributed by atoms with Crippen LogP contribution in [0.2, 0.25) is 5.02 Å². The Balaban J connectivity index is 0.773. The minimum Gasteiger partial charge on any atom is -0.489 e. The van der Waals surface area contributed by atoms with Gasteiger partial charge < -0.3 is 35.6 Å². The zero-order valence-corrected chi connectivity index (χ0v) is 45.3. The van der Waals surface area contributed by atoms with E-state index >= 15 is 0 Å². The first-order valence-electron chi connectivity index (χ1n) is 25.7. The summed E-state index contributed by atoms with van der Waals surface area (Å²) in [6.45, 7) is 20.8. The van der Waals surface area contributed by atoms with Crippen LogP contribution in [0.25, 0.3) is 10.4 Å². The van der Waals surface area contributed by atoms with Gasteiger partial charge in [-0.25, -0.2) is 4.98 Å². The van der Waals surface area contributed by atoms with E-state index in [4.69, 9.17) is 16.3 Å². The third kappa shape index (κ3) is 11.8. The number of aliphatic hydroxyl groups excluding tert-OH is 1. The van der Waals surface area contributed by atoms with Gasteiger partial charge >= 0.3 is 0 Å². The van der Waals surface area contributed by atoms with Crippen molar-refractivity contribution in [2.75, 3.05) is 32.7 Å². The maximum Gasteiger partial charge on any atom is 0.253 e. The van der Waals surface area contributed by atoms with Gasteiger partial charge in [-0.15, -0.1) is 11.3 Å². The lowest BCUT2D eigenvalue weighted by molar-refractivity contribution is -0.164. The van der Waals surface area contributed by atoms with E-state index in [1.807, 2.05) is 76.5 Å². The van der Waals surface area contributed by atoms with Crippen molar-refractivity contribution >= 4 is 46.6 Å². The van der Waals surface area contributed by atoms with E-state index in [2.05, 4.69) is 69.5 Å². The average molecular weight is 1030 g/mol. The molecule has 4 aliphatic rings. The quantitative estimate of drug-likeness (QED) is 0.0766. The summed E-state index contributed by atoms with van der Waals surface area (Å²) in [5.41, 5.74) is 5.20. The Kier molecular flexibility index (Phi) is 16.1. The van der Waals surface area contributed by atoms with Gasteiger partial charge in [0.1, 0.15) is 30.0 Å². The predicted molar refractivity (Wildman–Crippen MR) is 283 cm³/mol. The number of likely N-dealkylation sites (tertiary alicyclic amines) is 2. The number of hydrogen-bond donors (Lipinski definition) is 4. The minimum absolute atomic E-state index is 0.0154. The van der Waals surface area contributed by atoms with Gasteiger partial charge in [0, 0.05) is 73.0 Å². The predicted octanol–water partition coefficient (Wildman–Crippen LogP) is 7.49. The summed E-state index contributed by atoms with van der Waals surface area (Å²) in [4.78, 5) is 71.9. The maximum absolute atomic E-state index is 14.4. The Morgan fingerprint density at radius 1 is 0.959 bits per heavy atom. The maximum atomic E-state index is 14.4. The number of amides is 4. The number of aliphatic hydroxyl groups is 1. The summed E-state index contributed by atoms with van der Waals surface area (Å²) in [5, 5.41) is 29.8. The number of fused-ring (bicyclic) bond motifs is 2. The zero-order chi connectivity index (χ0) is 52.6. The second-order valence-corrected chi connectivity index (χ2v) is 24.3. The number of nitriles is 1. The number of β-amino-alcohol motifs (C(OH)–C–C–N with tert-alkyl or cyclic N) is 1. The summed E-state index contributed by atoms with van der Waals surface area (Å²) in [5.74, 6) is -0.520. The summed E-state index contributed by atoms with van der Waals surface area (Å²) < 4.78 is 6.38. The van der Waals surface area contributed by atoms with Crippen molar-refractivity contribution in [3.05, 3.63) is 99.4 Å². The molecule has 6 atom stereocenters. The third-order valence-electron chi connectivity index (χ3n) is 15.8. The van der Waals surface area contributed by atoms with Gasteiger partial charge in [0.25, 0.3) is 5.91 Å². The summed E-state index contributed by atoms with van der Waals surface area (Å²) in [7, 11) is 0. The van der Waals surface area contributed by atoms with Gasteiger partial charge in [0.05, 0.1) is 50.9 Å². The van der Waals surface area contributed by atoms with E-state index in [1.165, 1.54) is 4.90 Å². The number of aromatic nitrogens is 2. The molecule has 4 unspecified atom stereocenters. The number of pyridine rings is 1. The number of halogens is 1. The highest BCUT2D eigenvalue weighted by Crippen LogP contribution is 2.55. The standard InChI is InChI=1S/C56H72ClN9O6S/c1-33(35-13-15-36(16-14-35)47-34(2)60-32-73-47)61-50(70)45-24-42(67)30-66(45)51(71)48(54(3,4)5)62-46(68)31-65-40-20-21-41(65)29-64(28-40)23-11-10-12-39-19-17-38(27-59-39)49(69)63-52-55(6,7)53(56(52,8)9)72-43-22-18-37(26-58)44(57)25-43/h13-19,22,25,27,32-33,40-42,45,48,52-53,67H,10-12,20-21,23-24,28-31H2,1-9H3,(H,61,70)(H,62,68)(H,63,69)/t33-,40?,41?,42+,45?,48?,52?,53?/m0/s1. The van der Waals surface area contributed by atoms with E-state index in [0.29, 0.717) is 21.9 Å². The first kappa shape index (κ1) is 53.8. The second-order valence-electron chi connectivity index (χ2n) is 23.0. The Morgan fingerprint density at radius 2 is 1.66 bits per heavy atom. The lowest BCUT2D eigenvalue weighted by Gasteiger charge is -2.63. The number of piperazine rings is 1. The monoisotopic (exact) mass is 1030 g/mol. The lowest BCUT2D eigenvalue weighted by Crippen LogP contribution is -2.74. The molecule has 3 aliphatic heterocycles. The Hall–Kier alpha value is -5.44. The molecule has 2 bridgehead atoms. The van der Waals surface area contributed by atoms with Gasteiger partial charge in [-0.2, -0.15) is 5.26 Å². The lowest BCUT2D eigenvalue weighted by atomic mass is 9.49. The van der Waals surface area contributed by atoms with Crippen molar-refractivity contribution in [1.29, 1.82) is 5.26 Å². The molecule has 8 rings (SSSR count). The summed E-state index contributed by atoms with van der Waals surface area (Å²) in [6, 6.07) is 17.1. The first-order valence-corrected chi connectivity index (χ1v) is 27.0. The molecule has 2 aromatic heterocycles. The molecule has 3 saturated heterocycles. The van der Waals surface area contributed by atoms with E-state index < -0.39 is 23.6 Å². The molecular weight excluding hydrogens is 962 g/mol. The molecule has 4 fully saturated rings. The number of aryl methyl sites for hydroxylation is 2. The molecule has 0 radical (unpaired) electrons. The summed E-state index contributed by atoms with van der Waals surface area (Å²) in [6.07, 6.45) is 5.48.